The molecule has 2 aromatic carbocycles. The predicted octanol–water partition coefficient (Wildman–Crippen LogP) is 4.09. The Kier molecular flexibility index (Phi) is 7.28. The molecule has 0 fully saturated rings. The molecular formula is C22H25N3O2S. The number of thioether (sulfide) groups is 1. The average molecular weight is 396 g/mol. The van der Waals surface area contributed by atoms with E-state index in [1.807, 2.05) is 36.5 Å². The predicted molar refractivity (Wildman–Crippen MR) is 114 cm³/mol. The normalized spacial score (nSPS) is 10.8. The summed E-state index contributed by atoms with van der Waals surface area (Å²) >= 11 is 1.44. The largest absolute Gasteiger partial charge is 0.385 e. The number of hydrogen-bond acceptors (Lipinski definition) is 4. The van der Waals surface area contributed by atoms with E-state index in [1.165, 1.54) is 17.3 Å². The lowest BCUT2D eigenvalue weighted by Gasteiger charge is -2.12. The molecule has 5 nitrogen and oxygen atoms in total. The molecule has 1 N–H and O–H groups in total. The summed E-state index contributed by atoms with van der Waals surface area (Å²) in [4.78, 5) is 16.7. The molecular weight excluding hydrogens is 370 g/mol. The second-order valence-corrected chi connectivity index (χ2v) is 7.39. The van der Waals surface area contributed by atoms with Crippen molar-refractivity contribution < 1.29 is 9.53 Å². The Morgan fingerprint density at radius 2 is 1.89 bits per heavy atom. The van der Waals surface area contributed by atoms with Crippen LogP contribution in [0, 0.1) is 6.92 Å². The lowest BCUT2D eigenvalue weighted by molar-refractivity contribution is -0.118. The zero-order chi connectivity index (χ0) is 19.8. The Bertz CT molecular complexity index is 892. The number of aryl methyl sites for hydroxylation is 1. The van der Waals surface area contributed by atoms with E-state index < -0.39 is 0 Å². The van der Waals surface area contributed by atoms with Gasteiger partial charge in [0, 0.05) is 31.5 Å². The van der Waals surface area contributed by atoms with Crippen LogP contribution in [0.15, 0.2) is 66.0 Å². The first kappa shape index (κ1) is 20.2. The molecule has 6 heteroatoms. The third kappa shape index (κ3) is 5.24. The fourth-order valence-electron chi connectivity index (χ4n) is 2.82. The molecule has 28 heavy (non-hydrogen) atoms. The highest BCUT2D eigenvalue weighted by Gasteiger charge is 2.15. The van der Waals surface area contributed by atoms with Crippen molar-refractivity contribution in [1.29, 1.82) is 0 Å². The minimum absolute atomic E-state index is 0.000556. The molecule has 3 rings (SSSR count). The zero-order valence-corrected chi connectivity index (χ0v) is 17.0. The molecule has 0 spiro atoms. The van der Waals surface area contributed by atoms with Crippen molar-refractivity contribution in [1.82, 2.24) is 14.9 Å². The first-order valence-corrected chi connectivity index (χ1v) is 10.3. The molecule has 0 radical (unpaired) electrons. The van der Waals surface area contributed by atoms with Gasteiger partial charge in [0.05, 0.1) is 17.6 Å². The van der Waals surface area contributed by atoms with Crippen LogP contribution >= 0.6 is 11.8 Å². The van der Waals surface area contributed by atoms with Crippen LogP contribution in [-0.4, -0.2) is 41.5 Å². The van der Waals surface area contributed by atoms with Crippen molar-refractivity contribution in [2.75, 3.05) is 26.0 Å². The standard InChI is InChI=1S/C22H25N3O2S/c1-17-9-11-18(12-10-17)20-15-24-22(25(20)19-7-4-3-5-8-19)28-16-21(26)23-13-6-14-27-2/h3-5,7-12,15H,6,13-14,16H2,1-2H3,(H,23,26). The van der Waals surface area contributed by atoms with Crippen molar-refractivity contribution >= 4 is 17.7 Å². The highest BCUT2D eigenvalue weighted by molar-refractivity contribution is 7.99. The van der Waals surface area contributed by atoms with E-state index >= 15 is 0 Å². The molecule has 0 saturated heterocycles. The van der Waals surface area contributed by atoms with Crippen LogP contribution in [0.5, 0.6) is 0 Å². The van der Waals surface area contributed by atoms with Crippen LogP contribution in [0.1, 0.15) is 12.0 Å². The second kappa shape index (κ2) is 10.1. The number of carbonyl (C=O) groups excluding carboxylic acids is 1. The maximum absolute atomic E-state index is 12.1. The first-order valence-electron chi connectivity index (χ1n) is 9.27. The Labute approximate surface area is 170 Å². The maximum Gasteiger partial charge on any atom is 0.230 e. The molecule has 0 aliphatic rings. The van der Waals surface area contributed by atoms with E-state index in [2.05, 4.69) is 46.1 Å². The maximum atomic E-state index is 12.1. The molecule has 1 heterocycles. The quantitative estimate of drug-likeness (QED) is 0.438. The van der Waals surface area contributed by atoms with Crippen molar-refractivity contribution in [3.05, 3.63) is 66.4 Å². The number of methoxy groups -OCH3 is 1. The average Bonchev–Trinajstić information content (AvgIpc) is 3.15. The molecule has 1 aromatic heterocycles. The number of carbonyl (C=O) groups is 1. The minimum atomic E-state index is 0.000556. The van der Waals surface area contributed by atoms with Gasteiger partial charge in [-0.1, -0.05) is 59.8 Å². The van der Waals surface area contributed by atoms with Crippen molar-refractivity contribution in [2.45, 2.75) is 18.5 Å². The number of rotatable bonds is 9. The van der Waals surface area contributed by atoms with Gasteiger partial charge in [-0.2, -0.15) is 0 Å². The number of aromatic nitrogens is 2. The first-order chi connectivity index (χ1) is 13.7. The Hall–Kier alpha value is -2.57. The number of nitrogens with zero attached hydrogens (tertiary/aromatic N) is 2. The molecule has 0 aliphatic heterocycles. The summed E-state index contributed by atoms with van der Waals surface area (Å²) in [5.74, 6) is 0.324. The smallest absolute Gasteiger partial charge is 0.230 e. The number of imidazole rings is 1. The van der Waals surface area contributed by atoms with Crippen molar-refractivity contribution in [3.8, 4) is 16.9 Å². The van der Waals surface area contributed by atoms with Crippen LogP contribution in [0.3, 0.4) is 0 Å². The van der Waals surface area contributed by atoms with Gasteiger partial charge >= 0.3 is 0 Å². The summed E-state index contributed by atoms with van der Waals surface area (Å²) in [5, 5.41) is 3.71. The SMILES string of the molecule is COCCCNC(=O)CSc1ncc(-c2ccc(C)cc2)n1-c1ccccc1. The molecule has 0 aliphatic carbocycles. The number of para-hydroxylation sites is 1. The monoisotopic (exact) mass is 395 g/mol. The van der Waals surface area contributed by atoms with Gasteiger partial charge < -0.3 is 10.1 Å². The van der Waals surface area contributed by atoms with Gasteiger partial charge in [-0.3, -0.25) is 9.36 Å². The summed E-state index contributed by atoms with van der Waals surface area (Å²) in [5.41, 5.74) is 4.35. The lowest BCUT2D eigenvalue weighted by Crippen LogP contribution is -2.26. The van der Waals surface area contributed by atoms with E-state index in [0.29, 0.717) is 18.9 Å². The third-order valence-electron chi connectivity index (χ3n) is 4.27. The summed E-state index contributed by atoms with van der Waals surface area (Å²) in [6, 6.07) is 18.5. The second-order valence-electron chi connectivity index (χ2n) is 6.45. The van der Waals surface area contributed by atoms with E-state index in [1.54, 1.807) is 7.11 Å². The fourth-order valence-corrected chi connectivity index (χ4v) is 3.64. The molecule has 0 saturated carbocycles. The lowest BCUT2D eigenvalue weighted by atomic mass is 10.1. The van der Waals surface area contributed by atoms with Gasteiger partial charge in [-0.15, -0.1) is 0 Å². The van der Waals surface area contributed by atoms with Crippen LogP contribution < -0.4 is 5.32 Å². The van der Waals surface area contributed by atoms with Crippen LogP contribution in [-0.2, 0) is 9.53 Å². The highest BCUT2D eigenvalue weighted by Crippen LogP contribution is 2.29. The van der Waals surface area contributed by atoms with E-state index in [4.69, 9.17) is 4.74 Å². The Morgan fingerprint density at radius 1 is 1.14 bits per heavy atom. The van der Waals surface area contributed by atoms with Crippen LogP contribution in [0.25, 0.3) is 16.9 Å². The van der Waals surface area contributed by atoms with Gasteiger partial charge in [-0.05, 0) is 25.5 Å². The highest BCUT2D eigenvalue weighted by atomic mass is 32.2. The summed E-state index contributed by atoms with van der Waals surface area (Å²) in [7, 11) is 1.66. The summed E-state index contributed by atoms with van der Waals surface area (Å²) in [6.07, 6.45) is 2.68. The number of nitrogens with one attached hydrogen (secondary N) is 1. The summed E-state index contributed by atoms with van der Waals surface area (Å²) < 4.78 is 7.10. The van der Waals surface area contributed by atoms with E-state index in [-0.39, 0.29) is 5.91 Å². The van der Waals surface area contributed by atoms with Gasteiger partial charge in [0.1, 0.15) is 0 Å². The molecule has 0 bridgehead atoms. The number of ether oxygens (including phenoxy) is 1. The van der Waals surface area contributed by atoms with Crippen molar-refractivity contribution in [2.24, 2.45) is 0 Å². The molecule has 0 unspecified atom stereocenters. The Morgan fingerprint density at radius 3 is 2.61 bits per heavy atom. The number of amides is 1. The van der Waals surface area contributed by atoms with E-state index in [0.717, 1.165) is 28.5 Å². The van der Waals surface area contributed by atoms with Gasteiger partial charge in [0.15, 0.2) is 5.16 Å². The molecule has 1 amide bonds. The fraction of sp³-hybridized carbons (Fsp3) is 0.273. The number of hydrogen-bond donors (Lipinski definition) is 1. The number of benzene rings is 2. The van der Waals surface area contributed by atoms with Crippen LogP contribution in [0.2, 0.25) is 0 Å². The van der Waals surface area contributed by atoms with E-state index in [9.17, 15) is 4.79 Å². The topological polar surface area (TPSA) is 56.1 Å². The van der Waals surface area contributed by atoms with Gasteiger partial charge in [0.2, 0.25) is 5.91 Å². The Balaban J connectivity index is 1.79. The third-order valence-corrected chi connectivity index (χ3v) is 5.22. The summed E-state index contributed by atoms with van der Waals surface area (Å²) in [6.45, 7) is 3.34. The molecule has 3 aromatic rings. The van der Waals surface area contributed by atoms with Crippen molar-refractivity contribution in [3.63, 3.8) is 0 Å². The van der Waals surface area contributed by atoms with Gasteiger partial charge in [-0.25, -0.2) is 4.98 Å². The zero-order valence-electron chi connectivity index (χ0n) is 16.2. The van der Waals surface area contributed by atoms with Crippen LogP contribution in [0.4, 0.5) is 0 Å². The molecule has 0 atom stereocenters. The molecule has 146 valence electrons. The van der Waals surface area contributed by atoms with Gasteiger partial charge in [0.25, 0.3) is 0 Å². The minimum Gasteiger partial charge on any atom is -0.385 e.